The summed E-state index contributed by atoms with van der Waals surface area (Å²) in [4.78, 5) is 31.8. The van der Waals surface area contributed by atoms with Gasteiger partial charge in [0.1, 0.15) is 0 Å². The van der Waals surface area contributed by atoms with E-state index >= 15 is 0 Å². The number of hydrogen-bond donors (Lipinski definition) is 3. The molecule has 0 radical (unpaired) electrons. The van der Waals surface area contributed by atoms with Gasteiger partial charge in [-0.05, 0) is 82.3 Å². The molecule has 3 aromatic rings. The number of anilines is 1. The summed E-state index contributed by atoms with van der Waals surface area (Å²) < 4.78 is 0. The van der Waals surface area contributed by atoms with Gasteiger partial charge in [-0.2, -0.15) is 0 Å². The van der Waals surface area contributed by atoms with Gasteiger partial charge in [-0.3, -0.25) is 9.69 Å². The third-order valence-electron chi connectivity index (χ3n) is 6.32. The van der Waals surface area contributed by atoms with Gasteiger partial charge in [0.25, 0.3) is 0 Å². The first kappa shape index (κ1) is 20.4. The lowest BCUT2D eigenvalue weighted by atomic mass is 9.90. The molecule has 158 valence electrons. The third kappa shape index (κ3) is 4.82. The van der Waals surface area contributed by atoms with E-state index in [2.05, 4.69) is 51.4 Å². The summed E-state index contributed by atoms with van der Waals surface area (Å²) in [7, 11) is 0. The average molecular weight is 407 g/mol. The summed E-state index contributed by atoms with van der Waals surface area (Å²) in [5.74, 6) is 0.718. The number of benzene rings is 2. The second-order valence-electron chi connectivity index (χ2n) is 8.51. The molecule has 1 aliphatic heterocycles. The summed E-state index contributed by atoms with van der Waals surface area (Å²) in [6.45, 7) is 6.00. The van der Waals surface area contributed by atoms with Crippen LogP contribution in [0.3, 0.4) is 0 Å². The lowest BCUT2D eigenvalue weighted by Gasteiger charge is -2.35. The highest BCUT2D eigenvalue weighted by Gasteiger charge is 2.26. The summed E-state index contributed by atoms with van der Waals surface area (Å²) in [5, 5.41) is 2.99. The second kappa shape index (κ2) is 8.88. The van der Waals surface area contributed by atoms with Crippen LogP contribution in [0.4, 0.5) is 5.69 Å². The minimum atomic E-state index is -0.243. The first-order chi connectivity index (χ1) is 14.5. The van der Waals surface area contributed by atoms with Crippen molar-refractivity contribution in [2.75, 3.05) is 18.4 Å². The molecule has 0 bridgehead atoms. The Morgan fingerprint density at radius 2 is 1.80 bits per heavy atom. The van der Waals surface area contributed by atoms with Gasteiger partial charge < -0.3 is 15.3 Å². The molecule has 2 aromatic carbocycles. The van der Waals surface area contributed by atoms with Crippen molar-refractivity contribution in [3.8, 4) is 0 Å². The Balaban J connectivity index is 1.26. The number of aryl methyl sites for hydroxylation is 2. The minimum Gasteiger partial charge on any atom is -0.325 e. The Bertz CT molecular complexity index is 1060. The molecular formula is C24H30N4O2. The summed E-state index contributed by atoms with van der Waals surface area (Å²) in [6, 6.07) is 14.1. The summed E-state index contributed by atoms with van der Waals surface area (Å²) in [5.41, 5.74) is 4.60. The standard InChI is InChI=1S/C24H30N4O2/c1-16-3-5-18(6-4-16)7-8-19-11-13-28(14-12-19)17(2)23(29)25-20-9-10-21-22(15-20)27-24(30)26-21/h3-6,9-10,15,17,19H,7-8,11-14H2,1-2H3,(H,25,29)(H2,26,27,30). The van der Waals surface area contributed by atoms with E-state index in [9.17, 15) is 9.59 Å². The van der Waals surface area contributed by atoms with E-state index in [0.29, 0.717) is 11.2 Å². The number of amides is 1. The molecular weight excluding hydrogens is 376 g/mol. The SMILES string of the molecule is Cc1ccc(CCC2CCN(C(C)C(=O)Nc3ccc4[nH]c(=O)[nH]c4c3)CC2)cc1. The largest absolute Gasteiger partial charge is 0.325 e. The number of piperidine rings is 1. The van der Waals surface area contributed by atoms with Crippen molar-refractivity contribution >= 4 is 22.6 Å². The molecule has 0 aliphatic carbocycles. The van der Waals surface area contributed by atoms with Crippen LogP contribution in [0.15, 0.2) is 47.3 Å². The van der Waals surface area contributed by atoms with Gasteiger partial charge in [-0.15, -0.1) is 0 Å². The van der Waals surface area contributed by atoms with Crippen molar-refractivity contribution < 1.29 is 4.79 Å². The van der Waals surface area contributed by atoms with Crippen molar-refractivity contribution in [3.63, 3.8) is 0 Å². The first-order valence-corrected chi connectivity index (χ1v) is 10.8. The van der Waals surface area contributed by atoms with E-state index in [1.807, 2.05) is 13.0 Å². The van der Waals surface area contributed by atoms with E-state index in [0.717, 1.165) is 43.8 Å². The molecule has 6 heteroatoms. The van der Waals surface area contributed by atoms with E-state index in [-0.39, 0.29) is 17.6 Å². The molecule has 1 aliphatic rings. The van der Waals surface area contributed by atoms with Crippen LogP contribution < -0.4 is 11.0 Å². The van der Waals surface area contributed by atoms with Gasteiger partial charge in [0.2, 0.25) is 5.91 Å². The number of imidazole rings is 1. The number of nitrogens with zero attached hydrogens (tertiary/aromatic N) is 1. The van der Waals surface area contributed by atoms with Crippen LogP contribution in [-0.2, 0) is 11.2 Å². The second-order valence-corrected chi connectivity index (χ2v) is 8.51. The zero-order valence-electron chi connectivity index (χ0n) is 17.7. The van der Waals surface area contributed by atoms with Gasteiger partial charge in [0.15, 0.2) is 0 Å². The molecule has 1 fully saturated rings. The fraction of sp³-hybridized carbons (Fsp3) is 0.417. The fourth-order valence-electron chi connectivity index (χ4n) is 4.28. The van der Waals surface area contributed by atoms with Gasteiger partial charge in [0, 0.05) is 5.69 Å². The molecule has 1 atom stereocenters. The maximum atomic E-state index is 12.7. The maximum absolute atomic E-state index is 12.7. The number of aromatic nitrogens is 2. The van der Waals surface area contributed by atoms with Crippen LogP contribution in [0.2, 0.25) is 0 Å². The molecule has 1 aromatic heterocycles. The molecule has 1 unspecified atom stereocenters. The van der Waals surface area contributed by atoms with Crippen LogP contribution in [0.5, 0.6) is 0 Å². The number of aromatic amines is 2. The van der Waals surface area contributed by atoms with E-state index in [1.165, 1.54) is 17.5 Å². The van der Waals surface area contributed by atoms with Gasteiger partial charge in [-0.1, -0.05) is 29.8 Å². The molecule has 6 nitrogen and oxygen atoms in total. The summed E-state index contributed by atoms with van der Waals surface area (Å²) in [6.07, 6.45) is 4.62. The van der Waals surface area contributed by atoms with Crippen LogP contribution in [-0.4, -0.2) is 39.9 Å². The smallest absolute Gasteiger partial charge is 0.323 e. The van der Waals surface area contributed by atoms with Crippen molar-refractivity contribution in [2.45, 2.75) is 45.6 Å². The molecule has 0 spiro atoms. The van der Waals surface area contributed by atoms with Crippen LogP contribution in [0.1, 0.15) is 37.3 Å². The van der Waals surface area contributed by atoms with Crippen LogP contribution >= 0.6 is 0 Å². The molecule has 30 heavy (non-hydrogen) atoms. The van der Waals surface area contributed by atoms with Crippen molar-refractivity contribution in [2.24, 2.45) is 5.92 Å². The maximum Gasteiger partial charge on any atom is 0.323 e. The predicted molar refractivity (Wildman–Crippen MR) is 121 cm³/mol. The van der Waals surface area contributed by atoms with Gasteiger partial charge >= 0.3 is 5.69 Å². The van der Waals surface area contributed by atoms with E-state index < -0.39 is 0 Å². The van der Waals surface area contributed by atoms with E-state index in [1.54, 1.807) is 12.1 Å². The minimum absolute atomic E-state index is 0.00895. The Hall–Kier alpha value is -2.86. The molecule has 4 rings (SSSR count). The number of likely N-dealkylation sites (tertiary alicyclic amines) is 1. The topological polar surface area (TPSA) is 81.0 Å². The van der Waals surface area contributed by atoms with Crippen LogP contribution in [0.25, 0.3) is 11.0 Å². The Labute approximate surface area is 176 Å². The number of rotatable bonds is 6. The Kier molecular flexibility index (Phi) is 6.04. The molecule has 1 amide bonds. The summed E-state index contributed by atoms with van der Waals surface area (Å²) >= 11 is 0. The van der Waals surface area contributed by atoms with Gasteiger partial charge in [-0.25, -0.2) is 4.79 Å². The zero-order chi connectivity index (χ0) is 21.1. The molecule has 2 heterocycles. The molecule has 3 N–H and O–H groups in total. The van der Waals surface area contributed by atoms with Crippen LogP contribution in [0, 0.1) is 12.8 Å². The highest BCUT2D eigenvalue weighted by atomic mass is 16.2. The Morgan fingerprint density at radius 1 is 1.10 bits per heavy atom. The van der Waals surface area contributed by atoms with Crippen molar-refractivity contribution in [1.29, 1.82) is 0 Å². The quantitative estimate of drug-likeness (QED) is 0.582. The molecule has 0 saturated carbocycles. The zero-order valence-corrected chi connectivity index (χ0v) is 17.7. The number of hydrogen-bond acceptors (Lipinski definition) is 3. The van der Waals surface area contributed by atoms with Crippen molar-refractivity contribution in [3.05, 3.63) is 64.1 Å². The lowest BCUT2D eigenvalue weighted by Crippen LogP contribution is -2.46. The number of carbonyl (C=O) groups is 1. The van der Waals surface area contributed by atoms with Gasteiger partial charge in [0.05, 0.1) is 17.1 Å². The van der Waals surface area contributed by atoms with E-state index in [4.69, 9.17) is 0 Å². The third-order valence-corrected chi connectivity index (χ3v) is 6.32. The monoisotopic (exact) mass is 406 g/mol. The van der Waals surface area contributed by atoms with Crippen molar-refractivity contribution in [1.82, 2.24) is 14.9 Å². The average Bonchev–Trinajstić information content (AvgIpc) is 3.12. The number of H-pyrrole nitrogens is 2. The highest BCUT2D eigenvalue weighted by molar-refractivity contribution is 5.96. The molecule has 1 saturated heterocycles. The highest BCUT2D eigenvalue weighted by Crippen LogP contribution is 2.24. The fourth-order valence-corrected chi connectivity index (χ4v) is 4.28. The number of carbonyl (C=O) groups excluding carboxylic acids is 1. The predicted octanol–water partition coefficient (Wildman–Crippen LogP) is 3.84. The normalized spacial score (nSPS) is 16.6. The Morgan fingerprint density at radius 3 is 2.53 bits per heavy atom. The number of nitrogens with one attached hydrogen (secondary N) is 3. The first-order valence-electron chi connectivity index (χ1n) is 10.8. The lowest BCUT2D eigenvalue weighted by molar-refractivity contribution is -0.121. The number of fused-ring (bicyclic) bond motifs is 1.